The zero-order valence-electron chi connectivity index (χ0n) is 18.4. The number of carbonyl (C=O) groups excluding carboxylic acids is 2. The Morgan fingerprint density at radius 2 is 1.94 bits per heavy atom. The van der Waals surface area contributed by atoms with Crippen molar-refractivity contribution in [2.24, 2.45) is 5.92 Å². The Morgan fingerprint density at radius 3 is 2.78 bits per heavy atom. The summed E-state index contributed by atoms with van der Waals surface area (Å²) < 4.78 is 11.1. The van der Waals surface area contributed by atoms with E-state index < -0.39 is 0 Å². The molecule has 32 heavy (non-hydrogen) atoms. The molecule has 168 valence electrons. The van der Waals surface area contributed by atoms with E-state index in [2.05, 4.69) is 10.5 Å². The van der Waals surface area contributed by atoms with Crippen LogP contribution >= 0.6 is 0 Å². The number of aryl methyl sites for hydroxylation is 1. The van der Waals surface area contributed by atoms with Gasteiger partial charge in [-0.3, -0.25) is 9.59 Å². The molecule has 2 aliphatic rings. The lowest BCUT2D eigenvalue weighted by atomic mass is 9.87. The molecule has 3 aromatic rings. The summed E-state index contributed by atoms with van der Waals surface area (Å²) in [6.07, 6.45) is 7.45. The van der Waals surface area contributed by atoms with Gasteiger partial charge in [-0.1, -0.05) is 36.6 Å². The Bertz CT molecular complexity index is 1130. The average Bonchev–Trinajstić information content (AvgIpc) is 3.46. The maximum atomic E-state index is 13.0. The number of furan rings is 1. The van der Waals surface area contributed by atoms with Gasteiger partial charge in [0.1, 0.15) is 5.76 Å². The molecule has 7 heteroatoms. The quantitative estimate of drug-likeness (QED) is 0.603. The van der Waals surface area contributed by atoms with Gasteiger partial charge in [-0.2, -0.15) is 0 Å². The predicted octanol–water partition coefficient (Wildman–Crippen LogP) is 5.27. The smallest absolute Gasteiger partial charge is 0.294 e. The first-order valence-corrected chi connectivity index (χ1v) is 11.6. The van der Waals surface area contributed by atoms with Crippen LogP contribution in [0.15, 0.2) is 39.3 Å². The van der Waals surface area contributed by atoms with Gasteiger partial charge >= 0.3 is 0 Å². The lowest BCUT2D eigenvalue weighted by molar-refractivity contribution is -0.137. The van der Waals surface area contributed by atoms with Crippen LogP contribution in [0.4, 0.5) is 5.69 Å². The van der Waals surface area contributed by atoms with Crippen molar-refractivity contribution in [1.82, 2.24) is 10.1 Å². The molecule has 1 atom stereocenters. The zero-order chi connectivity index (χ0) is 22.1. The largest absolute Gasteiger partial charge is 0.459 e. The number of benzene rings is 1. The fourth-order valence-corrected chi connectivity index (χ4v) is 5.09. The molecule has 2 aromatic heterocycles. The molecule has 1 saturated carbocycles. The molecular weight excluding hydrogens is 406 g/mol. The van der Waals surface area contributed by atoms with Crippen molar-refractivity contribution in [3.05, 3.63) is 47.5 Å². The van der Waals surface area contributed by atoms with Crippen molar-refractivity contribution in [2.45, 2.75) is 57.8 Å². The lowest BCUT2D eigenvalue weighted by Crippen LogP contribution is -2.42. The van der Waals surface area contributed by atoms with Gasteiger partial charge in [0, 0.05) is 36.4 Å². The monoisotopic (exact) mass is 435 g/mol. The van der Waals surface area contributed by atoms with Crippen molar-refractivity contribution in [1.29, 1.82) is 0 Å². The topological polar surface area (TPSA) is 88.6 Å². The van der Waals surface area contributed by atoms with Gasteiger partial charge in [-0.25, -0.2) is 0 Å². The van der Waals surface area contributed by atoms with Crippen LogP contribution in [-0.2, 0) is 4.79 Å². The molecule has 7 nitrogen and oxygen atoms in total. The standard InChI is InChI=1S/C25H29N3O4/c1-16-13-18-9-5-11-20(23(18)31-16)26-24(29)22-14-21(27-32-22)19-10-6-12-28(15-19)25(30)17-7-3-2-4-8-17/h5,9,11,13-14,17,19H,2-4,6-8,10,12,15H2,1H3,(H,26,29). The van der Waals surface area contributed by atoms with Gasteiger partial charge < -0.3 is 19.2 Å². The van der Waals surface area contributed by atoms with Gasteiger partial charge in [-0.15, -0.1) is 0 Å². The fraction of sp³-hybridized carbons (Fsp3) is 0.480. The Labute approximate surface area is 187 Å². The number of para-hydroxylation sites is 1. The average molecular weight is 436 g/mol. The number of piperidine rings is 1. The third-order valence-corrected chi connectivity index (χ3v) is 6.77. The summed E-state index contributed by atoms with van der Waals surface area (Å²) in [6.45, 7) is 3.33. The number of nitrogens with zero attached hydrogens (tertiary/aromatic N) is 2. The van der Waals surface area contributed by atoms with Crippen molar-refractivity contribution < 1.29 is 18.5 Å². The third kappa shape index (κ3) is 4.16. The van der Waals surface area contributed by atoms with Crippen LogP contribution in [-0.4, -0.2) is 35.0 Å². The van der Waals surface area contributed by atoms with E-state index in [1.165, 1.54) is 6.42 Å². The van der Waals surface area contributed by atoms with Crippen molar-refractivity contribution in [2.75, 3.05) is 18.4 Å². The minimum atomic E-state index is -0.365. The van der Waals surface area contributed by atoms with E-state index in [4.69, 9.17) is 8.94 Å². The first kappa shape index (κ1) is 20.8. The minimum absolute atomic E-state index is 0.0951. The molecule has 0 spiro atoms. The summed E-state index contributed by atoms with van der Waals surface area (Å²) in [5.41, 5.74) is 1.98. The normalized spacial score (nSPS) is 19.9. The highest BCUT2D eigenvalue weighted by atomic mass is 16.5. The van der Waals surface area contributed by atoms with Gasteiger partial charge in [0.25, 0.3) is 5.91 Å². The fourth-order valence-electron chi connectivity index (χ4n) is 5.09. The number of carbonyl (C=O) groups is 2. The van der Waals surface area contributed by atoms with E-state index in [9.17, 15) is 9.59 Å². The van der Waals surface area contributed by atoms with Crippen molar-refractivity contribution in [3.63, 3.8) is 0 Å². The molecule has 2 fully saturated rings. The van der Waals surface area contributed by atoms with Crippen molar-refractivity contribution in [3.8, 4) is 0 Å². The maximum Gasteiger partial charge on any atom is 0.294 e. The van der Waals surface area contributed by atoms with E-state index >= 15 is 0 Å². The van der Waals surface area contributed by atoms with Gasteiger partial charge in [0.15, 0.2) is 5.58 Å². The molecule has 1 unspecified atom stereocenters. The first-order chi connectivity index (χ1) is 15.6. The molecule has 5 rings (SSSR count). The third-order valence-electron chi connectivity index (χ3n) is 6.77. The second-order valence-corrected chi connectivity index (χ2v) is 9.11. The zero-order valence-corrected chi connectivity index (χ0v) is 18.4. The second kappa shape index (κ2) is 8.81. The highest BCUT2D eigenvalue weighted by Gasteiger charge is 2.31. The van der Waals surface area contributed by atoms with E-state index in [0.29, 0.717) is 17.8 Å². The highest BCUT2D eigenvalue weighted by Crippen LogP contribution is 2.31. The number of hydrogen-bond donors (Lipinski definition) is 1. The van der Waals surface area contributed by atoms with Crippen LogP contribution in [0, 0.1) is 12.8 Å². The van der Waals surface area contributed by atoms with E-state index in [1.54, 1.807) is 12.1 Å². The number of rotatable bonds is 4. The van der Waals surface area contributed by atoms with E-state index in [1.807, 2.05) is 30.0 Å². The molecule has 1 saturated heterocycles. The number of hydrogen-bond acceptors (Lipinski definition) is 5. The van der Waals surface area contributed by atoms with Gasteiger partial charge in [0.05, 0.1) is 11.4 Å². The highest BCUT2D eigenvalue weighted by molar-refractivity contribution is 6.06. The molecule has 1 aromatic carbocycles. The maximum absolute atomic E-state index is 13.0. The van der Waals surface area contributed by atoms with Crippen LogP contribution in [0.1, 0.15) is 72.9 Å². The Balaban J connectivity index is 1.26. The summed E-state index contributed by atoms with van der Waals surface area (Å²) in [6, 6.07) is 9.26. The van der Waals surface area contributed by atoms with E-state index in [-0.39, 0.29) is 29.4 Å². The lowest BCUT2D eigenvalue weighted by Gasteiger charge is -2.35. The number of amides is 2. The Hall–Kier alpha value is -3.09. The number of nitrogens with one attached hydrogen (secondary N) is 1. The number of aromatic nitrogens is 1. The van der Waals surface area contributed by atoms with Crippen LogP contribution < -0.4 is 5.32 Å². The molecule has 1 aliphatic heterocycles. The second-order valence-electron chi connectivity index (χ2n) is 9.11. The molecule has 0 bridgehead atoms. The SMILES string of the molecule is Cc1cc2cccc(NC(=O)c3cc(C4CCCN(C(=O)C5CCCCC5)C4)no3)c2o1. The van der Waals surface area contributed by atoms with Crippen LogP contribution in [0.3, 0.4) is 0 Å². The summed E-state index contributed by atoms with van der Waals surface area (Å²) in [4.78, 5) is 27.8. The van der Waals surface area contributed by atoms with Crippen LogP contribution in [0.25, 0.3) is 11.0 Å². The Morgan fingerprint density at radius 1 is 1.09 bits per heavy atom. The van der Waals surface area contributed by atoms with Gasteiger partial charge in [-0.05, 0) is 44.7 Å². The molecule has 1 N–H and O–H groups in total. The summed E-state index contributed by atoms with van der Waals surface area (Å²) in [5, 5.41) is 7.98. The summed E-state index contributed by atoms with van der Waals surface area (Å²) in [5.74, 6) is 1.14. The molecule has 0 radical (unpaired) electrons. The Kier molecular flexibility index (Phi) is 5.72. The van der Waals surface area contributed by atoms with Crippen molar-refractivity contribution >= 4 is 28.5 Å². The minimum Gasteiger partial charge on any atom is -0.459 e. The number of fused-ring (bicyclic) bond motifs is 1. The summed E-state index contributed by atoms with van der Waals surface area (Å²) >= 11 is 0. The van der Waals surface area contributed by atoms with E-state index in [0.717, 1.165) is 61.9 Å². The predicted molar refractivity (Wildman–Crippen MR) is 121 cm³/mol. The van der Waals surface area contributed by atoms with Crippen LogP contribution in [0.2, 0.25) is 0 Å². The van der Waals surface area contributed by atoms with Gasteiger partial charge in [0.2, 0.25) is 11.7 Å². The number of anilines is 1. The molecular formula is C25H29N3O4. The molecule has 2 amide bonds. The van der Waals surface area contributed by atoms with Crippen LogP contribution in [0.5, 0.6) is 0 Å². The summed E-state index contributed by atoms with van der Waals surface area (Å²) in [7, 11) is 0. The number of likely N-dealkylation sites (tertiary alicyclic amines) is 1. The molecule has 3 heterocycles. The molecule has 1 aliphatic carbocycles. The first-order valence-electron chi connectivity index (χ1n) is 11.6.